The standard InChI is InChI=1S/C26H27F2N7/c27-22-4-1-5-23(28)21(22)15-34-12-2-3-19(14-34)35(30)16-24(29)18-6-7-25-20(13-18)26(33-32-25)17-8-10-31-11-9-17/h1,4-11,13,19,29H,2-3,12,14-16,30H2,(H,32,33)/t19-/m1/s1. The fourth-order valence-electron chi connectivity index (χ4n) is 4.69. The fourth-order valence-corrected chi connectivity index (χ4v) is 4.69. The number of fused-ring (bicyclic) bond motifs is 1. The van der Waals surface area contributed by atoms with Crippen molar-refractivity contribution in [2.75, 3.05) is 19.6 Å². The Morgan fingerprint density at radius 3 is 2.69 bits per heavy atom. The minimum absolute atomic E-state index is 0.0102. The van der Waals surface area contributed by atoms with Gasteiger partial charge in [-0.25, -0.2) is 13.8 Å². The summed E-state index contributed by atoms with van der Waals surface area (Å²) < 4.78 is 28.2. The van der Waals surface area contributed by atoms with Gasteiger partial charge in [0.25, 0.3) is 0 Å². The number of hydrogen-bond donors (Lipinski definition) is 3. The monoisotopic (exact) mass is 475 g/mol. The van der Waals surface area contributed by atoms with Crippen molar-refractivity contribution >= 4 is 16.6 Å². The second kappa shape index (κ2) is 9.99. The van der Waals surface area contributed by atoms with Gasteiger partial charge in [0.15, 0.2) is 0 Å². The van der Waals surface area contributed by atoms with Crippen molar-refractivity contribution in [2.45, 2.75) is 25.4 Å². The average Bonchev–Trinajstić information content (AvgIpc) is 3.30. The van der Waals surface area contributed by atoms with Gasteiger partial charge in [-0.2, -0.15) is 5.10 Å². The molecule has 3 heterocycles. The summed E-state index contributed by atoms with van der Waals surface area (Å²) in [5.74, 6) is 5.35. The molecular formula is C26H27F2N7. The summed E-state index contributed by atoms with van der Waals surface area (Å²) in [5.41, 5.74) is 3.90. The molecule has 7 nitrogen and oxygen atoms in total. The molecule has 180 valence electrons. The van der Waals surface area contributed by atoms with E-state index >= 15 is 0 Å². The van der Waals surface area contributed by atoms with Crippen molar-refractivity contribution in [1.82, 2.24) is 25.1 Å². The first-order chi connectivity index (χ1) is 17.0. The van der Waals surface area contributed by atoms with Gasteiger partial charge in [0.2, 0.25) is 0 Å². The van der Waals surface area contributed by atoms with Crippen LogP contribution in [-0.4, -0.2) is 56.5 Å². The van der Waals surface area contributed by atoms with E-state index in [0.717, 1.165) is 47.1 Å². The predicted octanol–water partition coefficient (Wildman–Crippen LogP) is 4.11. The highest BCUT2D eigenvalue weighted by Crippen LogP contribution is 2.27. The summed E-state index contributed by atoms with van der Waals surface area (Å²) in [6.45, 7) is 1.81. The molecule has 4 aromatic rings. The minimum atomic E-state index is -0.528. The molecule has 0 amide bonds. The number of aromatic nitrogens is 3. The molecule has 2 aromatic heterocycles. The molecule has 0 aliphatic carbocycles. The van der Waals surface area contributed by atoms with E-state index in [2.05, 4.69) is 15.2 Å². The number of nitrogens with one attached hydrogen (secondary N) is 2. The summed E-state index contributed by atoms with van der Waals surface area (Å²) in [5, 5.41) is 18.8. The van der Waals surface area contributed by atoms with Crippen LogP contribution in [0.25, 0.3) is 22.2 Å². The van der Waals surface area contributed by atoms with E-state index in [0.29, 0.717) is 12.3 Å². The lowest BCUT2D eigenvalue weighted by Gasteiger charge is -2.37. The zero-order chi connectivity index (χ0) is 24.4. The molecule has 0 unspecified atom stereocenters. The van der Waals surface area contributed by atoms with Crippen molar-refractivity contribution in [3.05, 3.63) is 83.7 Å². The molecule has 1 aliphatic rings. The number of aromatic amines is 1. The lowest BCUT2D eigenvalue weighted by atomic mass is 10.0. The van der Waals surface area contributed by atoms with Crippen LogP contribution in [-0.2, 0) is 6.54 Å². The van der Waals surface area contributed by atoms with E-state index < -0.39 is 11.6 Å². The van der Waals surface area contributed by atoms with Gasteiger partial charge in [-0.15, -0.1) is 0 Å². The summed E-state index contributed by atoms with van der Waals surface area (Å²) >= 11 is 0. The number of benzene rings is 2. The zero-order valence-corrected chi connectivity index (χ0v) is 19.2. The van der Waals surface area contributed by atoms with Gasteiger partial charge in [0.05, 0.1) is 17.8 Å². The van der Waals surface area contributed by atoms with Gasteiger partial charge in [-0.3, -0.25) is 20.8 Å². The van der Waals surface area contributed by atoms with Crippen molar-refractivity contribution in [1.29, 1.82) is 5.41 Å². The lowest BCUT2D eigenvalue weighted by molar-refractivity contribution is 0.103. The summed E-state index contributed by atoms with van der Waals surface area (Å²) in [6.07, 6.45) is 5.19. The summed E-state index contributed by atoms with van der Waals surface area (Å²) in [6, 6.07) is 13.5. The molecule has 0 spiro atoms. The molecule has 9 heteroatoms. The second-order valence-electron chi connectivity index (χ2n) is 8.95. The number of H-pyrrole nitrogens is 1. The van der Waals surface area contributed by atoms with E-state index in [4.69, 9.17) is 11.3 Å². The molecule has 1 aliphatic heterocycles. The maximum atomic E-state index is 14.1. The van der Waals surface area contributed by atoms with E-state index in [1.54, 1.807) is 17.4 Å². The number of hydrogen-bond acceptors (Lipinski definition) is 6. The number of rotatable bonds is 7. The molecule has 1 atom stereocenters. The highest BCUT2D eigenvalue weighted by Gasteiger charge is 2.26. The van der Waals surface area contributed by atoms with Gasteiger partial charge >= 0.3 is 0 Å². The molecule has 2 aromatic carbocycles. The van der Waals surface area contributed by atoms with Crippen LogP contribution in [0, 0.1) is 17.0 Å². The van der Waals surface area contributed by atoms with Crippen LogP contribution in [0.15, 0.2) is 60.9 Å². The SMILES string of the molecule is N=C(CN(N)[C@@H]1CCCN(Cc2c(F)cccc2F)C1)c1ccc2[nH]nc(-c3ccncc3)c2c1. The Bertz CT molecular complexity index is 1320. The molecule has 5 rings (SSSR count). The van der Waals surface area contributed by atoms with Crippen LogP contribution >= 0.6 is 0 Å². The van der Waals surface area contributed by atoms with Gasteiger partial charge in [-0.05, 0) is 61.3 Å². The Balaban J connectivity index is 1.27. The van der Waals surface area contributed by atoms with Crippen molar-refractivity contribution in [2.24, 2.45) is 5.84 Å². The molecule has 0 radical (unpaired) electrons. The van der Waals surface area contributed by atoms with Gasteiger partial charge in [-0.1, -0.05) is 12.1 Å². The van der Waals surface area contributed by atoms with E-state index in [1.165, 1.54) is 18.2 Å². The Morgan fingerprint density at radius 2 is 1.91 bits per heavy atom. The van der Waals surface area contributed by atoms with Crippen LogP contribution in [0.1, 0.15) is 24.0 Å². The third-order valence-electron chi connectivity index (χ3n) is 6.60. The molecule has 35 heavy (non-hydrogen) atoms. The third kappa shape index (κ3) is 4.97. The Labute approximate surface area is 202 Å². The fraction of sp³-hybridized carbons (Fsp3) is 0.269. The van der Waals surface area contributed by atoms with Crippen LogP contribution < -0.4 is 5.84 Å². The minimum Gasteiger partial charge on any atom is -0.303 e. The Morgan fingerprint density at radius 1 is 1.14 bits per heavy atom. The normalized spacial score (nSPS) is 16.7. The summed E-state index contributed by atoms with van der Waals surface area (Å²) in [7, 11) is 0. The topological polar surface area (TPSA) is 97.9 Å². The second-order valence-corrected chi connectivity index (χ2v) is 8.95. The van der Waals surface area contributed by atoms with Gasteiger partial charge < -0.3 is 5.41 Å². The third-order valence-corrected chi connectivity index (χ3v) is 6.60. The number of likely N-dealkylation sites (tertiary alicyclic amines) is 1. The quantitative estimate of drug-likeness (QED) is 0.212. The smallest absolute Gasteiger partial charge is 0.130 e. The predicted molar refractivity (Wildman–Crippen MR) is 132 cm³/mol. The van der Waals surface area contributed by atoms with E-state index in [9.17, 15) is 8.78 Å². The zero-order valence-electron chi connectivity index (χ0n) is 19.2. The summed E-state index contributed by atoms with van der Waals surface area (Å²) in [4.78, 5) is 6.09. The molecule has 0 bridgehead atoms. The maximum absolute atomic E-state index is 14.1. The highest BCUT2D eigenvalue weighted by molar-refractivity contribution is 6.04. The maximum Gasteiger partial charge on any atom is 0.130 e. The Kier molecular flexibility index (Phi) is 6.63. The lowest BCUT2D eigenvalue weighted by Crippen LogP contribution is -2.52. The number of piperidine rings is 1. The van der Waals surface area contributed by atoms with Crippen LogP contribution in [0.2, 0.25) is 0 Å². The average molecular weight is 476 g/mol. The van der Waals surface area contributed by atoms with E-state index in [1.807, 2.05) is 35.2 Å². The van der Waals surface area contributed by atoms with Crippen LogP contribution in [0.3, 0.4) is 0 Å². The molecule has 4 N–H and O–H groups in total. The molecule has 1 fully saturated rings. The van der Waals surface area contributed by atoms with Crippen molar-refractivity contribution in [3.63, 3.8) is 0 Å². The van der Waals surface area contributed by atoms with Crippen molar-refractivity contribution in [3.8, 4) is 11.3 Å². The van der Waals surface area contributed by atoms with Gasteiger partial charge in [0, 0.05) is 48.0 Å². The Hall–Kier alpha value is -3.53. The van der Waals surface area contributed by atoms with Crippen molar-refractivity contribution < 1.29 is 8.78 Å². The van der Waals surface area contributed by atoms with Gasteiger partial charge in [0.1, 0.15) is 17.3 Å². The highest BCUT2D eigenvalue weighted by atomic mass is 19.1. The first-order valence-electron chi connectivity index (χ1n) is 11.6. The first-order valence-corrected chi connectivity index (χ1v) is 11.6. The molecular weight excluding hydrogens is 448 g/mol. The van der Waals surface area contributed by atoms with E-state index in [-0.39, 0.29) is 24.7 Å². The first kappa shape index (κ1) is 23.2. The largest absolute Gasteiger partial charge is 0.303 e. The number of nitrogens with two attached hydrogens (primary N) is 1. The van der Waals surface area contributed by atoms with Crippen LogP contribution in [0.5, 0.6) is 0 Å². The number of pyridine rings is 1. The molecule has 1 saturated heterocycles. The molecule has 0 saturated carbocycles. The number of halogens is 2. The number of hydrazine groups is 1. The van der Waals surface area contributed by atoms with Crippen LogP contribution in [0.4, 0.5) is 8.78 Å². The number of nitrogens with zero attached hydrogens (tertiary/aromatic N) is 4.